The Morgan fingerprint density at radius 3 is 2.86 bits per heavy atom. The molecule has 1 atom stereocenters. The highest BCUT2D eigenvalue weighted by atomic mass is 15.3. The second-order valence-electron chi connectivity index (χ2n) is 5.68. The summed E-state index contributed by atoms with van der Waals surface area (Å²) in [7, 11) is 0. The van der Waals surface area contributed by atoms with Crippen molar-refractivity contribution >= 4 is 11.9 Å². The van der Waals surface area contributed by atoms with E-state index in [1.165, 1.54) is 18.4 Å². The molecule has 3 heterocycles. The van der Waals surface area contributed by atoms with Crippen molar-refractivity contribution in [3.8, 4) is 0 Å². The molecule has 0 radical (unpaired) electrons. The number of rotatable bonds is 2. The summed E-state index contributed by atoms with van der Waals surface area (Å²) in [6.45, 7) is 2.00. The fraction of sp³-hybridized carbons (Fsp3) is 0.467. The zero-order valence-corrected chi connectivity index (χ0v) is 11.9. The van der Waals surface area contributed by atoms with E-state index in [0.29, 0.717) is 5.95 Å². The topological polar surface area (TPSA) is 80.8 Å². The number of nitrogen functional groups attached to an aromatic ring is 1. The second-order valence-corrected chi connectivity index (χ2v) is 5.68. The van der Waals surface area contributed by atoms with Crippen LogP contribution in [-0.2, 0) is 6.42 Å². The first-order chi connectivity index (χ1) is 10.3. The Morgan fingerprint density at radius 2 is 2.00 bits per heavy atom. The summed E-state index contributed by atoms with van der Waals surface area (Å²) in [6.07, 6.45) is 6.24. The Hall–Kier alpha value is -2.24. The van der Waals surface area contributed by atoms with Gasteiger partial charge in [-0.2, -0.15) is 15.0 Å². The number of pyridine rings is 1. The normalized spacial score (nSPS) is 20.8. The highest BCUT2D eigenvalue weighted by Gasteiger charge is 2.29. The van der Waals surface area contributed by atoms with E-state index in [1.54, 1.807) is 0 Å². The largest absolute Gasteiger partial charge is 0.368 e. The molecule has 0 spiro atoms. The summed E-state index contributed by atoms with van der Waals surface area (Å²) in [5.41, 5.74) is 8.29. The van der Waals surface area contributed by atoms with Gasteiger partial charge in [-0.15, -0.1) is 0 Å². The lowest BCUT2D eigenvalue weighted by molar-refractivity contribution is 0.703. The Labute approximate surface area is 123 Å². The number of fused-ring (bicyclic) bond motifs is 1. The molecule has 6 heteroatoms. The first-order valence-corrected chi connectivity index (χ1v) is 7.51. The van der Waals surface area contributed by atoms with Crippen molar-refractivity contribution in [3.05, 3.63) is 35.4 Å². The van der Waals surface area contributed by atoms with E-state index in [1.807, 2.05) is 12.3 Å². The van der Waals surface area contributed by atoms with E-state index in [-0.39, 0.29) is 5.92 Å². The van der Waals surface area contributed by atoms with Gasteiger partial charge in [-0.25, -0.2) is 0 Å². The summed E-state index contributed by atoms with van der Waals surface area (Å²) in [4.78, 5) is 20.1. The third-order valence-electron chi connectivity index (χ3n) is 4.32. The molecule has 1 unspecified atom stereocenters. The van der Waals surface area contributed by atoms with E-state index in [2.05, 4.69) is 30.9 Å². The van der Waals surface area contributed by atoms with Crippen molar-refractivity contribution in [2.75, 3.05) is 23.7 Å². The van der Waals surface area contributed by atoms with Gasteiger partial charge in [-0.1, -0.05) is 6.07 Å². The molecule has 0 amide bonds. The molecule has 108 valence electrons. The van der Waals surface area contributed by atoms with Crippen molar-refractivity contribution in [3.63, 3.8) is 0 Å². The molecule has 0 bridgehead atoms. The van der Waals surface area contributed by atoms with Crippen LogP contribution < -0.4 is 10.6 Å². The van der Waals surface area contributed by atoms with Crippen molar-refractivity contribution in [1.82, 2.24) is 19.9 Å². The highest BCUT2D eigenvalue weighted by molar-refractivity contribution is 5.39. The standard InChI is InChI=1S/C15H18N6/c16-14-18-13(19-15(20-14)21-8-1-2-9-21)11-6-5-10-4-3-7-17-12(10)11/h3-4,7,11H,1-2,5-6,8-9H2,(H2,16,18,19,20). The zero-order chi connectivity index (χ0) is 14.2. The maximum Gasteiger partial charge on any atom is 0.230 e. The summed E-state index contributed by atoms with van der Waals surface area (Å²) >= 11 is 0. The lowest BCUT2D eigenvalue weighted by Crippen LogP contribution is -2.22. The Bertz CT molecular complexity index is 665. The molecular weight excluding hydrogens is 264 g/mol. The molecular formula is C15H18N6. The van der Waals surface area contributed by atoms with Gasteiger partial charge in [0, 0.05) is 19.3 Å². The van der Waals surface area contributed by atoms with Crippen LogP contribution in [0.25, 0.3) is 0 Å². The number of aryl methyl sites for hydroxylation is 1. The number of nitrogens with two attached hydrogens (primary N) is 1. The van der Waals surface area contributed by atoms with E-state index in [0.717, 1.165) is 43.4 Å². The van der Waals surface area contributed by atoms with Gasteiger partial charge in [0.1, 0.15) is 5.82 Å². The molecule has 2 aromatic rings. The quantitative estimate of drug-likeness (QED) is 0.899. The number of anilines is 2. The molecule has 6 nitrogen and oxygen atoms in total. The monoisotopic (exact) mass is 282 g/mol. The first-order valence-electron chi connectivity index (χ1n) is 7.51. The number of nitrogens with zero attached hydrogens (tertiary/aromatic N) is 5. The number of hydrogen-bond donors (Lipinski definition) is 1. The van der Waals surface area contributed by atoms with E-state index < -0.39 is 0 Å². The van der Waals surface area contributed by atoms with Gasteiger partial charge in [0.15, 0.2) is 0 Å². The maximum absolute atomic E-state index is 5.91. The van der Waals surface area contributed by atoms with Crippen molar-refractivity contribution in [2.45, 2.75) is 31.6 Å². The van der Waals surface area contributed by atoms with Crippen LogP contribution in [0, 0.1) is 0 Å². The lowest BCUT2D eigenvalue weighted by Gasteiger charge is -2.17. The fourth-order valence-corrected chi connectivity index (χ4v) is 3.28. The van der Waals surface area contributed by atoms with Crippen LogP contribution in [0.5, 0.6) is 0 Å². The Morgan fingerprint density at radius 1 is 1.14 bits per heavy atom. The highest BCUT2D eigenvalue weighted by Crippen LogP contribution is 2.35. The second kappa shape index (κ2) is 4.95. The van der Waals surface area contributed by atoms with Crippen molar-refractivity contribution < 1.29 is 0 Å². The molecule has 0 aromatic carbocycles. The van der Waals surface area contributed by atoms with E-state index in [4.69, 9.17) is 5.73 Å². The molecule has 4 rings (SSSR count). The van der Waals surface area contributed by atoms with Crippen LogP contribution >= 0.6 is 0 Å². The van der Waals surface area contributed by atoms with Gasteiger partial charge in [-0.3, -0.25) is 4.98 Å². The minimum atomic E-state index is 0.146. The molecule has 2 N–H and O–H groups in total. The predicted molar refractivity (Wildman–Crippen MR) is 80.1 cm³/mol. The summed E-state index contributed by atoms with van der Waals surface area (Å²) < 4.78 is 0. The van der Waals surface area contributed by atoms with E-state index in [9.17, 15) is 0 Å². The summed E-state index contributed by atoms with van der Waals surface area (Å²) in [5.74, 6) is 1.94. The van der Waals surface area contributed by atoms with Crippen LogP contribution in [0.4, 0.5) is 11.9 Å². The predicted octanol–water partition coefficient (Wildman–Crippen LogP) is 1.53. The molecule has 1 aliphatic heterocycles. The molecule has 0 saturated carbocycles. The third kappa shape index (κ3) is 2.20. The van der Waals surface area contributed by atoms with Crippen LogP contribution in [0.1, 0.15) is 42.3 Å². The van der Waals surface area contributed by atoms with Gasteiger partial charge in [-0.05, 0) is 37.3 Å². The van der Waals surface area contributed by atoms with E-state index >= 15 is 0 Å². The summed E-state index contributed by atoms with van der Waals surface area (Å²) in [5, 5.41) is 0. The van der Waals surface area contributed by atoms with Gasteiger partial charge in [0.25, 0.3) is 0 Å². The van der Waals surface area contributed by atoms with Gasteiger partial charge >= 0.3 is 0 Å². The van der Waals surface area contributed by atoms with Crippen LogP contribution in [0.3, 0.4) is 0 Å². The Balaban J connectivity index is 1.72. The zero-order valence-electron chi connectivity index (χ0n) is 11.9. The average molecular weight is 282 g/mol. The summed E-state index contributed by atoms with van der Waals surface area (Å²) in [6, 6.07) is 4.12. The molecule has 1 fully saturated rings. The van der Waals surface area contributed by atoms with Gasteiger partial charge < -0.3 is 10.6 Å². The van der Waals surface area contributed by atoms with Gasteiger partial charge in [0.2, 0.25) is 11.9 Å². The first kappa shape index (κ1) is 12.5. The minimum absolute atomic E-state index is 0.146. The van der Waals surface area contributed by atoms with Crippen LogP contribution in [-0.4, -0.2) is 33.0 Å². The smallest absolute Gasteiger partial charge is 0.230 e. The lowest BCUT2D eigenvalue weighted by atomic mass is 10.1. The van der Waals surface area contributed by atoms with Crippen LogP contribution in [0.2, 0.25) is 0 Å². The Kier molecular flexibility index (Phi) is 2.94. The maximum atomic E-state index is 5.91. The molecule has 2 aliphatic rings. The minimum Gasteiger partial charge on any atom is -0.368 e. The van der Waals surface area contributed by atoms with Crippen LogP contribution in [0.15, 0.2) is 18.3 Å². The molecule has 2 aromatic heterocycles. The molecule has 1 saturated heterocycles. The number of aromatic nitrogens is 4. The van der Waals surface area contributed by atoms with Crippen molar-refractivity contribution in [1.29, 1.82) is 0 Å². The SMILES string of the molecule is Nc1nc(C2CCc3cccnc32)nc(N2CCCC2)n1. The number of hydrogen-bond acceptors (Lipinski definition) is 6. The average Bonchev–Trinajstić information content (AvgIpc) is 3.16. The van der Waals surface area contributed by atoms with Crippen molar-refractivity contribution in [2.24, 2.45) is 0 Å². The van der Waals surface area contributed by atoms with Gasteiger partial charge in [0.05, 0.1) is 11.6 Å². The fourth-order valence-electron chi connectivity index (χ4n) is 3.28. The molecule has 21 heavy (non-hydrogen) atoms. The third-order valence-corrected chi connectivity index (χ3v) is 4.32. The molecule has 1 aliphatic carbocycles.